The number of rotatable bonds is 4. The lowest BCUT2D eigenvalue weighted by molar-refractivity contribution is 0.292. The maximum atomic E-state index is 6.00. The first kappa shape index (κ1) is 17.8. The highest BCUT2D eigenvalue weighted by Gasteiger charge is 2.15. The average molecular weight is 449 g/mol. The first-order chi connectivity index (χ1) is 14.1. The molecule has 0 bridgehead atoms. The molecule has 2 aromatic carbocycles. The van der Waals surface area contributed by atoms with Crippen molar-refractivity contribution >= 4 is 32.6 Å². The van der Waals surface area contributed by atoms with Gasteiger partial charge in [-0.15, -0.1) is 5.10 Å². The maximum absolute atomic E-state index is 6.00. The number of ether oxygens (including phenoxy) is 1. The second-order valence-electron chi connectivity index (χ2n) is 6.80. The van der Waals surface area contributed by atoms with Crippen LogP contribution in [0, 0.1) is 13.8 Å². The monoisotopic (exact) mass is 448 g/mol. The predicted octanol–water partition coefficient (Wildman–Crippen LogP) is 4.42. The van der Waals surface area contributed by atoms with Crippen LogP contribution >= 0.6 is 15.9 Å². The van der Waals surface area contributed by atoms with Gasteiger partial charge in [-0.1, -0.05) is 30.3 Å². The molecule has 8 heteroatoms. The van der Waals surface area contributed by atoms with E-state index in [1.54, 1.807) is 21.7 Å². The van der Waals surface area contributed by atoms with Gasteiger partial charge in [0.15, 0.2) is 17.1 Å². The molecule has 5 aromatic rings. The van der Waals surface area contributed by atoms with E-state index in [9.17, 15) is 0 Å². The number of benzene rings is 2. The minimum atomic E-state index is 0.285. The number of halogens is 1. The van der Waals surface area contributed by atoms with Crippen LogP contribution in [-0.4, -0.2) is 29.4 Å². The fourth-order valence-corrected chi connectivity index (χ4v) is 3.84. The van der Waals surface area contributed by atoms with Crippen molar-refractivity contribution in [3.8, 4) is 11.4 Å². The van der Waals surface area contributed by atoms with E-state index in [0.29, 0.717) is 11.5 Å². The molecule has 0 spiro atoms. The molecular weight excluding hydrogens is 432 g/mol. The molecule has 3 heterocycles. The SMILES string of the molecule is Cc1cccc(C)c1OCc1nc2c3cnn(-c4ccccc4Br)c3ncn2n1. The van der Waals surface area contributed by atoms with E-state index in [-0.39, 0.29) is 6.61 Å². The van der Waals surface area contributed by atoms with Gasteiger partial charge in [-0.3, -0.25) is 0 Å². The molecule has 0 saturated carbocycles. The van der Waals surface area contributed by atoms with Gasteiger partial charge in [0.25, 0.3) is 0 Å². The Morgan fingerprint density at radius 2 is 1.79 bits per heavy atom. The first-order valence-electron chi connectivity index (χ1n) is 9.14. The Hall–Kier alpha value is -3.26. The van der Waals surface area contributed by atoms with Gasteiger partial charge < -0.3 is 4.74 Å². The van der Waals surface area contributed by atoms with Crippen LogP contribution in [0.5, 0.6) is 5.75 Å². The van der Waals surface area contributed by atoms with Gasteiger partial charge in [0.1, 0.15) is 18.7 Å². The van der Waals surface area contributed by atoms with Crippen LogP contribution in [0.25, 0.3) is 22.4 Å². The molecule has 0 aliphatic carbocycles. The third-order valence-corrected chi connectivity index (χ3v) is 5.45. The summed E-state index contributed by atoms with van der Waals surface area (Å²) in [6, 6.07) is 14.0. The maximum Gasteiger partial charge on any atom is 0.189 e. The standard InChI is InChI=1S/C21H17BrN6O/c1-13-6-5-7-14(2)19(13)29-11-18-25-21-15-10-24-28(17-9-4-3-8-16(17)22)20(15)23-12-27(21)26-18/h3-10,12H,11H2,1-2H3. The molecule has 0 atom stereocenters. The molecule has 29 heavy (non-hydrogen) atoms. The summed E-state index contributed by atoms with van der Waals surface area (Å²) < 4.78 is 10.4. The number of hydrogen-bond donors (Lipinski definition) is 0. The van der Waals surface area contributed by atoms with Crippen molar-refractivity contribution in [1.29, 1.82) is 0 Å². The van der Waals surface area contributed by atoms with Crippen molar-refractivity contribution in [2.24, 2.45) is 0 Å². The van der Waals surface area contributed by atoms with Gasteiger partial charge in [-0.25, -0.2) is 19.2 Å². The van der Waals surface area contributed by atoms with Crippen LogP contribution < -0.4 is 4.74 Å². The van der Waals surface area contributed by atoms with Crippen molar-refractivity contribution < 1.29 is 4.74 Å². The Balaban J connectivity index is 1.52. The van der Waals surface area contributed by atoms with E-state index in [4.69, 9.17) is 4.74 Å². The summed E-state index contributed by atoms with van der Waals surface area (Å²) in [5.41, 5.74) is 4.52. The van der Waals surface area contributed by atoms with Crippen LogP contribution in [0.2, 0.25) is 0 Å². The molecule has 3 aromatic heterocycles. The highest BCUT2D eigenvalue weighted by atomic mass is 79.9. The largest absolute Gasteiger partial charge is 0.485 e. The highest BCUT2D eigenvalue weighted by Crippen LogP contribution is 2.26. The first-order valence-corrected chi connectivity index (χ1v) is 9.93. The predicted molar refractivity (Wildman–Crippen MR) is 113 cm³/mol. The summed E-state index contributed by atoms with van der Waals surface area (Å²) in [6.07, 6.45) is 3.42. The van der Waals surface area contributed by atoms with Crippen molar-refractivity contribution in [2.45, 2.75) is 20.5 Å². The fourth-order valence-electron chi connectivity index (χ4n) is 3.39. The minimum absolute atomic E-state index is 0.285. The summed E-state index contributed by atoms with van der Waals surface area (Å²) in [6.45, 7) is 4.35. The zero-order valence-corrected chi connectivity index (χ0v) is 17.5. The minimum Gasteiger partial charge on any atom is -0.485 e. The third-order valence-electron chi connectivity index (χ3n) is 4.78. The molecule has 0 fully saturated rings. The second kappa shape index (κ2) is 6.97. The zero-order valence-electron chi connectivity index (χ0n) is 15.9. The Bertz CT molecular complexity index is 1340. The third kappa shape index (κ3) is 3.05. The lowest BCUT2D eigenvalue weighted by atomic mass is 10.1. The van der Waals surface area contributed by atoms with Crippen molar-refractivity contribution in [3.05, 3.63) is 76.4 Å². The van der Waals surface area contributed by atoms with Gasteiger partial charge in [-0.05, 0) is 53.0 Å². The number of hydrogen-bond acceptors (Lipinski definition) is 5. The highest BCUT2D eigenvalue weighted by molar-refractivity contribution is 9.10. The van der Waals surface area contributed by atoms with Crippen LogP contribution in [0.1, 0.15) is 17.0 Å². The molecule has 0 radical (unpaired) electrons. The van der Waals surface area contributed by atoms with Gasteiger partial charge >= 0.3 is 0 Å². The fraction of sp³-hybridized carbons (Fsp3) is 0.143. The van der Waals surface area contributed by atoms with E-state index < -0.39 is 0 Å². The van der Waals surface area contributed by atoms with Gasteiger partial charge in [-0.2, -0.15) is 5.10 Å². The van der Waals surface area contributed by atoms with E-state index in [2.05, 4.69) is 36.1 Å². The molecule has 0 saturated heterocycles. The second-order valence-corrected chi connectivity index (χ2v) is 7.65. The quantitative estimate of drug-likeness (QED) is 0.406. The lowest BCUT2D eigenvalue weighted by Gasteiger charge is -2.09. The topological polar surface area (TPSA) is 70.1 Å². The Morgan fingerprint density at radius 3 is 2.59 bits per heavy atom. The molecule has 0 aliphatic rings. The Kier molecular flexibility index (Phi) is 4.28. The lowest BCUT2D eigenvalue weighted by Crippen LogP contribution is -2.01. The van der Waals surface area contributed by atoms with Crippen molar-refractivity contribution in [2.75, 3.05) is 0 Å². The molecule has 144 valence electrons. The zero-order chi connectivity index (χ0) is 20.0. The normalized spacial score (nSPS) is 11.4. The Labute approximate surface area is 175 Å². The van der Waals surface area contributed by atoms with Gasteiger partial charge in [0.2, 0.25) is 0 Å². The summed E-state index contributed by atoms with van der Waals surface area (Å²) in [5, 5.41) is 9.85. The molecular formula is C21H17BrN6O. The molecule has 0 unspecified atom stereocenters. The van der Waals surface area contributed by atoms with Crippen molar-refractivity contribution in [3.63, 3.8) is 0 Å². The summed E-state index contributed by atoms with van der Waals surface area (Å²) >= 11 is 3.57. The van der Waals surface area contributed by atoms with Gasteiger partial charge in [0, 0.05) is 4.47 Å². The van der Waals surface area contributed by atoms with Crippen LogP contribution in [0.3, 0.4) is 0 Å². The van der Waals surface area contributed by atoms with E-state index >= 15 is 0 Å². The summed E-state index contributed by atoms with van der Waals surface area (Å²) in [4.78, 5) is 9.21. The Morgan fingerprint density at radius 1 is 1.00 bits per heavy atom. The van der Waals surface area contributed by atoms with Crippen LogP contribution in [0.4, 0.5) is 0 Å². The molecule has 0 N–H and O–H groups in total. The van der Waals surface area contributed by atoms with Crippen molar-refractivity contribution in [1.82, 2.24) is 29.4 Å². The number of para-hydroxylation sites is 2. The summed E-state index contributed by atoms with van der Waals surface area (Å²) in [7, 11) is 0. The molecule has 5 rings (SSSR count). The number of aryl methyl sites for hydroxylation is 2. The number of aromatic nitrogens is 6. The van der Waals surface area contributed by atoms with E-state index in [1.165, 1.54) is 0 Å². The molecule has 0 aliphatic heterocycles. The van der Waals surface area contributed by atoms with E-state index in [0.717, 1.165) is 38.1 Å². The van der Waals surface area contributed by atoms with Crippen LogP contribution in [-0.2, 0) is 6.61 Å². The number of nitrogens with zero attached hydrogens (tertiary/aromatic N) is 6. The van der Waals surface area contributed by atoms with Gasteiger partial charge in [0.05, 0.1) is 17.3 Å². The number of fused-ring (bicyclic) bond motifs is 3. The average Bonchev–Trinajstić information content (AvgIpc) is 3.31. The smallest absolute Gasteiger partial charge is 0.189 e. The molecule has 7 nitrogen and oxygen atoms in total. The summed E-state index contributed by atoms with van der Waals surface area (Å²) in [5.74, 6) is 1.46. The van der Waals surface area contributed by atoms with Crippen LogP contribution in [0.15, 0.2) is 59.5 Å². The molecule has 0 amide bonds. The van der Waals surface area contributed by atoms with E-state index in [1.807, 2.05) is 56.3 Å².